The van der Waals surface area contributed by atoms with E-state index in [1.54, 1.807) is 43.5 Å². The molecule has 154 valence electrons. The highest BCUT2D eigenvalue weighted by molar-refractivity contribution is 6.32. The zero-order chi connectivity index (χ0) is 21.2. The molecule has 0 spiro atoms. The van der Waals surface area contributed by atoms with Crippen LogP contribution in [-0.2, 0) is 17.8 Å². The van der Waals surface area contributed by atoms with E-state index >= 15 is 0 Å². The molecule has 2 N–H and O–H groups in total. The van der Waals surface area contributed by atoms with Gasteiger partial charge in [0.2, 0.25) is 0 Å². The normalized spacial score (nSPS) is 14.8. The summed E-state index contributed by atoms with van der Waals surface area (Å²) in [5.41, 5.74) is 7.74. The SMILES string of the molecule is Cc1[nH]c(C=C2C(=O)NN=C2c2cnccn2)c(-c2ccco2)c1CCn1ccnc1. The van der Waals surface area contributed by atoms with Crippen molar-refractivity contribution in [2.24, 2.45) is 5.10 Å². The first kappa shape index (κ1) is 18.7. The second-order valence-electron chi connectivity index (χ2n) is 7.10. The fourth-order valence-corrected chi connectivity index (χ4v) is 3.70. The predicted octanol–water partition coefficient (Wildman–Crippen LogP) is 2.73. The molecule has 4 aromatic rings. The van der Waals surface area contributed by atoms with E-state index in [-0.39, 0.29) is 5.91 Å². The van der Waals surface area contributed by atoms with Gasteiger partial charge in [-0.25, -0.2) is 10.4 Å². The number of carbonyl (C=O) groups excluding carboxylic acids is 1. The Kier molecular flexibility index (Phi) is 4.75. The standard InChI is InChI=1S/C22H19N7O2/c1-14-15(4-8-29-9-7-24-13-29)20(19-3-2-10-31-19)17(26-14)11-16-21(27-28-22(16)30)18-12-23-5-6-25-18/h2-3,5-7,9-13,26H,4,8H2,1H3,(H,28,30). The van der Waals surface area contributed by atoms with Gasteiger partial charge in [0.05, 0.1) is 30.1 Å². The fraction of sp³-hybridized carbons (Fsp3) is 0.136. The number of aromatic nitrogens is 5. The highest BCUT2D eigenvalue weighted by Crippen LogP contribution is 2.33. The number of nitrogens with zero attached hydrogens (tertiary/aromatic N) is 5. The van der Waals surface area contributed by atoms with Crippen molar-refractivity contribution in [2.75, 3.05) is 0 Å². The largest absolute Gasteiger partial charge is 0.464 e. The van der Waals surface area contributed by atoms with Gasteiger partial charge in [-0.3, -0.25) is 14.8 Å². The van der Waals surface area contributed by atoms with Crippen molar-refractivity contribution in [1.29, 1.82) is 0 Å². The number of imidazole rings is 1. The number of carbonyl (C=O) groups is 1. The lowest BCUT2D eigenvalue weighted by molar-refractivity contribution is -0.116. The third-order valence-electron chi connectivity index (χ3n) is 5.16. The smallest absolute Gasteiger partial charge is 0.273 e. The maximum absolute atomic E-state index is 12.5. The molecule has 0 aliphatic carbocycles. The summed E-state index contributed by atoms with van der Waals surface area (Å²) < 4.78 is 7.76. The molecule has 0 fully saturated rings. The average molecular weight is 413 g/mol. The molecule has 0 aromatic carbocycles. The van der Waals surface area contributed by atoms with Gasteiger partial charge in [0.15, 0.2) is 0 Å². The van der Waals surface area contributed by atoms with E-state index in [1.807, 2.05) is 29.8 Å². The molecule has 0 radical (unpaired) electrons. The number of hydrogen-bond donors (Lipinski definition) is 2. The molecule has 0 saturated heterocycles. The summed E-state index contributed by atoms with van der Waals surface area (Å²) >= 11 is 0. The Balaban J connectivity index is 1.58. The van der Waals surface area contributed by atoms with Crippen LogP contribution < -0.4 is 5.43 Å². The van der Waals surface area contributed by atoms with Gasteiger partial charge < -0.3 is 14.0 Å². The quantitative estimate of drug-likeness (QED) is 0.472. The maximum Gasteiger partial charge on any atom is 0.273 e. The molecule has 0 bridgehead atoms. The van der Waals surface area contributed by atoms with Crippen molar-refractivity contribution >= 4 is 17.7 Å². The number of rotatable bonds is 6. The first-order valence-corrected chi connectivity index (χ1v) is 9.78. The molecule has 0 atom stereocenters. The Morgan fingerprint density at radius 3 is 2.90 bits per heavy atom. The van der Waals surface area contributed by atoms with Gasteiger partial charge in [-0.1, -0.05) is 0 Å². The number of hydrazone groups is 1. The highest BCUT2D eigenvalue weighted by Gasteiger charge is 2.27. The third-order valence-corrected chi connectivity index (χ3v) is 5.16. The number of aromatic amines is 1. The van der Waals surface area contributed by atoms with Crippen molar-refractivity contribution in [2.45, 2.75) is 19.9 Å². The molecule has 0 saturated carbocycles. The third kappa shape index (κ3) is 3.57. The van der Waals surface area contributed by atoms with Crippen molar-refractivity contribution < 1.29 is 9.21 Å². The topological polar surface area (TPSA) is 114 Å². The summed E-state index contributed by atoms with van der Waals surface area (Å²) in [5, 5.41) is 4.16. The van der Waals surface area contributed by atoms with E-state index in [0.717, 1.165) is 41.2 Å². The number of nitrogens with one attached hydrogen (secondary N) is 2. The van der Waals surface area contributed by atoms with Crippen LogP contribution in [0.1, 0.15) is 22.6 Å². The van der Waals surface area contributed by atoms with Crippen LogP contribution in [0.25, 0.3) is 17.4 Å². The lowest BCUT2D eigenvalue weighted by atomic mass is 10.0. The Labute approximate surface area is 177 Å². The van der Waals surface area contributed by atoms with E-state index < -0.39 is 0 Å². The summed E-state index contributed by atoms with van der Waals surface area (Å²) in [6.45, 7) is 2.79. The van der Waals surface area contributed by atoms with Gasteiger partial charge in [-0.05, 0) is 37.1 Å². The van der Waals surface area contributed by atoms with Gasteiger partial charge in [0.1, 0.15) is 17.2 Å². The van der Waals surface area contributed by atoms with Crippen LogP contribution in [0.5, 0.6) is 0 Å². The maximum atomic E-state index is 12.5. The molecule has 9 nitrogen and oxygen atoms in total. The number of furan rings is 1. The number of hydrogen-bond acceptors (Lipinski definition) is 6. The molecule has 0 unspecified atom stereocenters. The number of H-pyrrole nitrogens is 1. The van der Waals surface area contributed by atoms with E-state index in [4.69, 9.17) is 4.42 Å². The minimum Gasteiger partial charge on any atom is -0.464 e. The molecule has 4 aromatic heterocycles. The molecule has 31 heavy (non-hydrogen) atoms. The van der Waals surface area contributed by atoms with Crippen LogP contribution in [0.3, 0.4) is 0 Å². The summed E-state index contributed by atoms with van der Waals surface area (Å²) in [6, 6.07) is 3.76. The van der Waals surface area contributed by atoms with Gasteiger partial charge in [0, 0.05) is 42.6 Å². The van der Waals surface area contributed by atoms with Crippen LogP contribution in [0.15, 0.2) is 70.8 Å². The minimum absolute atomic E-state index is 0.293. The Hall–Kier alpha value is -4.27. The first-order chi connectivity index (χ1) is 15.2. The van der Waals surface area contributed by atoms with Gasteiger partial charge in [0.25, 0.3) is 5.91 Å². The van der Waals surface area contributed by atoms with Crippen LogP contribution in [0.4, 0.5) is 0 Å². The first-order valence-electron chi connectivity index (χ1n) is 9.78. The lowest BCUT2D eigenvalue weighted by Crippen LogP contribution is -2.14. The monoisotopic (exact) mass is 413 g/mol. The molecule has 9 heteroatoms. The second-order valence-corrected chi connectivity index (χ2v) is 7.10. The summed E-state index contributed by atoms with van der Waals surface area (Å²) in [7, 11) is 0. The summed E-state index contributed by atoms with van der Waals surface area (Å²) in [5.74, 6) is 0.437. The van der Waals surface area contributed by atoms with Crippen LogP contribution in [0, 0.1) is 6.92 Å². The molecule has 1 amide bonds. The zero-order valence-electron chi connectivity index (χ0n) is 16.7. The summed E-state index contributed by atoms with van der Waals surface area (Å²) in [6.07, 6.45) is 14.4. The molecular weight excluding hydrogens is 394 g/mol. The average Bonchev–Trinajstić information content (AvgIpc) is 3.57. The van der Waals surface area contributed by atoms with Gasteiger partial charge >= 0.3 is 0 Å². The molecule has 5 heterocycles. The predicted molar refractivity (Wildman–Crippen MR) is 114 cm³/mol. The fourth-order valence-electron chi connectivity index (χ4n) is 3.70. The van der Waals surface area contributed by atoms with Crippen molar-refractivity contribution in [3.63, 3.8) is 0 Å². The van der Waals surface area contributed by atoms with Gasteiger partial charge in [-0.15, -0.1) is 0 Å². The van der Waals surface area contributed by atoms with E-state index in [1.165, 1.54) is 0 Å². The van der Waals surface area contributed by atoms with E-state index in [0.29, 0.717) is 17.0 Å². The van der Waals surface area contributed by atoms with E-state index in [2.05, 4.69) is 30.5 Å². The second kappa shape index (κ2) is 7.86. The molecule has 5 rings (SSSR count). The lowest BCUT2D eigenvalue weighted by Gasteiger charge is -2.06. The molecule has 1 aliphatic rings. The van der Waals surface area contributed by atoms with Crippen LogP contribution in [-0.4, -0.2) is 36.1 Å². The molecule has 1 aliphatic heterocycles. The Bertz CT molecular complexity index is 1270. The van der Waals surface area contributed by atoms with E-state index in [9.17, 15) is 4.79 Å². The minimum atomic E-state index is -0.293. The van der Waals surface area contributed by atoms with Crippen molar-refractivity contribution in [3.05, 3.63) is 83.9 Å². The van der Waals surface area contributed by atoms with Gasteiger partial charge in [-0.2, -0.15) is 5.10 Å². The number of amides is 1. The Morgan fingerprint density at radius 1 is 1.23 bits per heavy atom. The van der Waals surface area contributed by atoms with Crippen molar-refractivity contribution in [3.8, 4) is 11.3 Å². The van der Waals surface area contributed by atoms with Crippen LogP contribution >= 0.6 is 0 Å². The van der Waals surface area contributed by atoms with Crippen LogP contribution in [0.2, 0.25) is 0 Å². The van der Waals surface area contributed by atoms with Crippen molar-refractivity contribution in [1.82, 2.24) is 29.9 Å². The number of aryl methyl sites for hydroxylation is 2. The summed E-state index contributed by atoms with van der Waals surface area (Å²) in [4.78, 5) is 28.4. The zero-order valence-corrected chi connectivity index (χ0v) is 16.7. The highest BCUT2D eigenvalue weighted by atomic mass is 16.3. The Morgan fingerprint density at radius 2 is 2.16 bits per heavy atom. The molecular formula is C22H19N7O2.